The Morgan fingerprint density at radius 1 is 1.60 bits per heavy atom. The second-order valence-electron chi connectivity index (χ2n) is 4.36. The van der Waals surface area contributed by atoms with Crippen molar-refractivity contribution in [2.45, 2.75) is 19.8 Å². The Kier molecular flexibility index (Phi) is 3.72. The molecule has 1 aliphatic rings. The summed E-state index contributed by atoms with van der Waals surface area (Å²) in [6, 6.07) is 0. The van der Waals surface area contributed by atoms with Crippen LogP contribution in [0, 0.1) is 17.2 Å². The largest absolute Gasteiger partial charge is 0.387 e. The number of nitrogens with two attached hydrogens (primary N) is 1. The van der Waals surface area contributed by atoms with Gasteiger partial charge in [0.15, 0.2) is 0 Å². The Morgan fingerprint density at radius 2 is 2.13 bits per heavy atom. The Morgan fingerprint density at radius 3 is 2.53 bits per heavy atom. The molecule has 0 spiro atoms. The number of sulfonamides is 1. The molecule has 0 aromatic rings. The Labute approximate surface area is 91.2 Å². The lowest BCUT2D eigenvalue weighted by molar-refractivity contribution is 0.441. The summed E-state index contributed by atoms with van der Waals surface area (Å²) in [5.41, 5.74) is 5.30. The normalized spacial score (nSPS) is 19.1. The van der Waals surface area contributed by atoms with Crippen LogP contribution in [0.25, 0.3) is 0 Å². The van der Waals surface area contributed by atoms with Gasteiger partial charge in [-0.25, -0.2) is 12.7 Å². The fourth-order valence-corrected chi connectivity index (χ4v) is 2.94. The maximum atomic E-state index is 11.8. The molecule has 1 rings (SSSR count). The molecule has 0 bridgehead atoms. The van der Waals surface area contributed by atoms with Crippen LogP contribution in [-0.4, -0.2) is 37.9 Å². The molecule has 0 aromatic carbocycles. The highest BCUT2D eigenvalue weighted by atomic mass is 32.2. The van der Waals surface area contributed by atoms with Gasteiger partial charge in [-0.3, -0.25) is 5.41 Å². The first-order chi connectivity index (χ1) is 6.83. The maximum absolute atomic E-state index is 11.8. The predicted octanol–water partition coefficient (Wildman–Crippen LogP) is 0.230. The Balaban J connectivity index is 2.50. The van der Waals surface area contributed by atoms with E-state index in [0.717, 1.165) is 12.8 Å². The van der Waals surface area contributed by atoms with E-state index in [1.54, 1.807) is 14.0 Å². The molecule has 1 fully saturated rings. The summed E-state index contributed by atoms with van der Waals surface area (Å²) in [7, 11) is -1.59. The van der Waals surface area contributed by atoms with Crippen molar-refractivity contribution in [3.8, 4) is 0 Å². The molecule has 0 saturated heterocycles. The van der Waals surface area contributed by atoms with Gasteiger partial charge in [-0.05, 0) is 18.8 Å². The summed E-state index contributed by atoms with van der Waals surface area (Å²) in [5, 5.41) is 7.21. The van der Waals surface area contributed by atoms with Crippen LogP contribution in [0.15, 0.2) is 0 Å². The van der Waals surface area contributed by atoms with Crippen molar-refractivity contribution in [1.29, 1.82) is 5.41 Å². The number of amidine groups is 1. The van der Waals surface area contributed by atoms with Gasteiger partial charge in [-0.2, -0.15) is 0 Å². The van der Waals surface area contributed by atoms with E-state index in [1.165, 1.54) is 4.31 Å². The first-order valence-electron chi connectivity index (χ1n) is 5.11. The Bertz CT molecular complexity index is 335. The van der Waals surface area contributed by atoms with Crippen LogP contribution in [0.4, 0.5) is 0 Å². The fraction of sp³-hybridized carbons (Fsp3) is 0.889. The molecule has 1 atom stereocenters. The number of nitrogens with zero attached hydrogens (tertiary/aromatic N) is 1. The first kappa shape index (κ1) is 12.4. The van der Waals surface area contributed by atoms with Crippen LogP contribution >= 0.6 is 0 Å². The summed E-state index contributed by atoms with van der Waals surface area (Å²) in [6.07, 6.45) is 2.05. The zero-order valence-corrected chi connectivity index (χ0v) is 10.0. The average molecular weight is 233 g/mol. The smallest absolute Gasteiger partial charge is 0.214 e. The molecule has 5 nitrogen and oxygen atoms in total. The lowest BCUT2D eigenvalue weighted by Gasteiger charge is -2.20. The summed E-state index contributed by atoms with van der Waals surface area (Å²) in [5.74, 6) is 0.409. The second kappa shape index (κ2) is 4.49. The van der Waals surface area contributed by atoms with Crippen LogP contribution in [-0.2, 0) is 10.0 Å². The lowest BCUT2D eigenvalue weighted by atomic mass is 10.2. The van der Waals surface area contributed by atoms with Crippen molar-refractivity contribution in [1.82, 2.24) is 4.31 Å². The molecule has 0 amide bonds. The first-order valence-corrected chi connectivity index (χ1v) is 6.71. The quantitative estimate of drug-likeness (QED) is 0.508. The number of nitrogens with one attached hydrogen (secondary N) is 1. The van der Waals surface area contributed by atoms with Gasteiger partial charge in [0.25, 0.3) is 0 Å². The van der Waals surface area contributed by atoms with E-state index in [4.69, 9.17) is 11.1 Å². The van der Waals surface area contributed by atoms with Gasteiger partial charge in [0.1, 0.15) is 0 Å². The number of hydrogen-bond acceptors (Lipinski definition) is 3. The van der Waals surface area contributed by atoms with E-state index in [-0.39, 0.29) is 17.5 Å². The molecule has 1 saturated carbocycles. The average Bonchev–Trinajstić information content (AvgIpc) is 2.86. The van der Waals surface area contributed by atoms with E-state index in [0.29, 0.717) is 12.5 Å². The SMILES string of the molecule is CC(CN(C)S(=O)(=O)CC1CC1)C(=N)N. The molecular weight excluding hydrogens is 214 g/mol. The van der Waals surface area contributed by atoms with Gasteiger partial charge in [0, 0.05) is 19.5 Å². The molecule has 6 heteroatoms. The van der Waals surface area contributed by atoms with Gasteiger partial charge in [-0.15, -0.1) is 0 Å². The van der Waals surface area contributed by atoms with E-state index in [2.05, 4.69) is 0 Å². The third-order valence-electron chi connectivity index (χ3n) is 2.68. The van der Waals surface area contributed by atoms with Crippen LogP contribution in [0.2, 0.25) is 0 Å². The van der Waals surface area contributed by atoms with Crippen LogP contribution in [0.1, 0.15) is 19.8 Å². The molecule has 3 N–H and O–H groups in total. The molecule has 0 radical (unpaired) electrons. The highest BCUT2D eigenvalue weighted by Crippen LogP contribution is 2.31. The van der Waals surface area contributed by atoms with Crippen LogP contribution < -0.4 is 5.73 Å². The van der Waals surface area contributed by atoms with Gasteiger partial charge in [0.05, 0.1) is 11.6 Å². The highest BCUT2D eigenvalue weighted by molar-refractivity contribution is 7.89. The van der Waals surface area contributed by atoms with Gasteiger partial charge >= 0.3 is 0 Å². The third kappa shape index (κ3) is 3.79. The van der Waals surface area contributed by atoms with Crippen molar-refractivity contribution in [3.63, 3.8) is 0 Å². The van der Waals surface area contributed by atoms with E-state index in [1.807, 2.05) is 0 Å². The van der Waals surface area contributed by atoms with E-state index in [9.17, 15) is 8.42 Å². The Hall–Kier alpha value is -0.620. The molecule has 1 unspecified atom stereocenters. The van der Waals surface area contributed by atoms with E-state index < -0.39 is 10.0 Å². The topological polar surface area (TPSA) is 87.2 Å². The van der Waals surface area contributed by atoms with Gasteiger partial charge in [0.2, 0.25) is 10.0 Å². The molecule has 88 valence electrons. The summed E-state index contributed by atoms with van der Waals surface area (Å²) >= 11 is 0. The van der Waals surface area contributed by atoms with Crippen molar-refractivity contribution in [2.75, 3.05) is 19.3 Å². The van der Waals surface area contributed by atoms with Crippen molar-refractivity contribution in [2.24, 2.45) is 17.6 Å². The van der Waals surface area contributed by atoms with Crippen molar-refractivity contribution in [3.05, 3.63) is 0 Å². The molecule has 1 aliphatic carbocycles. The number of rotatable bonds is 6. The van der Waals surface area contributed by atoms with Crippen LogP contribution in [0.5, 0.6) is 0 Å². The highest BCUT2D eigenvalue weighted by Gasteiger charge is 2.30. The molecular formula is C9H19N3O2S. The van der Waals surface area contributed by atoms with Crippen LogP contribution in [0.3, 0.4) is 0 Å². The molecule has 0 aliphatic heterocycles. The third-order valence-corrected chi connectivity index (χ3v) is 4.67. The predicted molar refractivity (Wildman–Crippen MR) is 60.2 cm³/mol. The van der Waals surface area contributed by atoms with Crippen molar-refractivity contribution < 1.29 is 8.42 Å². The second-order valence-corrected chi connectivity index (χ2v) is 6.48. The lowest BCUT2D eigenvalue weighted by Crippen LogP contribution is -2.37. The summed E-state index contributed by atoms with van der Waals surface area (Å²) in [4.78, 5) is 0. The number of hydrogen-bond donors (Lipinski definition) is 2. The minimum atomic E-state index is -3.14. The minimum absolute atomic E-state index is 0.0310. The summed E-state index contributed by atoms with van der Waals surface area (Å²) in [6.45, 7) is 2.05. The fourth-order valence-electron chi connectivity index (χ4n) is 1.31. The van der Waals surface area contributed by atoms with Gasteiger partial charge < -0.3 is 5.73 Å². The van der Waals surface area contributed by atoms with Gasteiger partial charge in [-0.1, -0.05) is 6.92 Å². The monoisotopic (exact) mass is 233 g/mol. The standard InChI is InChI=1S/C9H19N3O2S/c1-7(9(10)11)5-12(2)15(13,14)6-8-3-4-8/h7-8H,3-6H2,1-2H3,(H3,10,11). The zero-order chi connectivity index (χ0) is 11.6. The van der Waals surface area contributed by atoms with Crippen molar-refractivity contribution >= 4 is 15.9 Å². The molecule has 0 heterocycles. The maximum Gasteiger partial charge on any atom is 0.214 e. The zero-order valence-electron chi connectivity index (χ0n) is 9.23. The van der Waals surface area contributed by atoms with E-state index >= 15 is 0 Å². The minimum Gasteiger partial charge on any atom is -0.387 e. The molecule has 0 aromatic heterocycles. The molecule has 15 heavy (non-hydrogen) atoms. The summed E-state index contributed by atoms with van der Waals surface area (Å²) < 4.78 is 24.8.